The molecule has 0 aromatic heterocycles. The van der Waals surface area contributed by atoms with Crippen molar-refractivity contribution in [3.05, 3.63) is 34.9 Å². The molecule has 3 aliphatic carbocycles. The van der Waals surface area contributed by atoms with Gasteiger partial charge in [0.2, 0.25) is 0 Å². The minimum absolute atomic E-state index is 0.0701. The van der Waals surface area contributed by atoms with Crippen LogP contribution in [-0.4, -0.2) is 43.2 Å². The number of ketones is 1. The highest BCUT2D eigenvalue weighted by molar-refractivity contribution is 6.55. The van der Waals surface area contributed by atoms with Crippen molar-refractivity contribution in [3.8, 4) is 5.75 Å². The molecule has 3 saturated carbocycles. The van der Waals surface area contributed by atoms with Gasteiger partial charge in [-0.2, -0.15) is 0 Å². The van der Waals surface area contributed by atoms with Crippen LogP contribution in [0.4, 0.5) is 0 Å². The van der Waals surface area contributed by atoms with Crippen LogP contribution in [0.3, 0.4) is 0 Å². The number of aryl methyl sites for hydroxylation is 1. The van der Waals surface area contributed by atoms with Crippen molar-refractivity contribution >= 4 is 36.3 Å². The van der Waals surface area contributed by atoms with Gasteiger partial charge in [0.05, 0.1) is 17.7 Å². The van der Waals surface area contributed by atoms with E-state index in [9.17, 15) is 14.7 Å². The second kappa shape index (κ2) is 10.2. The van der Waals surface area contributed by atoms with E-state index in [1.54, 1.807) is 13.6 Å². The Bertz CT molecular complexity index is 1190. The van der Waals surface area contributed by atoms with Crippen molar-refractivity contribution < 1.29 is 28.8 Å². The standard InChI is InChI=1S/C31H41BClO6/c1-7-19-13-22(26(33)25-20(19)15-38-32-25)37-16-24(35)39-23-14-29(5,8-2)28(36)18(4)31-11-9-17(3)30(23,6)27(31)21(34)10-12-31/h8,13,17-18,23,27-28,36H,2,7,9-12,14-16H2,1,3-6H3/t17-,18+,23-,27+,28+,29-,30+,31+/m1/s1. The molecule has 1 aliphatic heterocycles. The highest BCUT2D eigenvalue weighted by Crippen LogP contribution is 2.68. The fourth-order valence-corrected chi connectivity index (χ4v) is 8.77. The van der Waals surface area contributed by atoms with E-state index in [1.165, 1.54) is 0 Å². The maximum Gasteiger partial charge on any atom is 0.344 e. The van der Waals surface area contributed by atoms with Gasteiger partial charge in [0.15, 0.2) is 6.61 Å². The molecule has 5 rings (SSSR count). The van der Waals surface area contributed by atoms with Crippen LogP contribution in [0.25, 0.3) is 0 Å². The van der Waals surface area contributed by atoms with E-state index >= 15 is 0 Å². The third kappa shape index (κ3) is 4.30. The number of rotatable bonds is 6. The lowest BCUT2D eigenvalue weighted by atomic mass is 9.44. The summed E-state index contributed by atoms with van der Waals surface area (Å²) in [5.41, 5.74) is 1.36. The molecule has 0 unspecified atom stereocenters. The fraction of sp³-hybridized carbons (Fsp3) is 0.677. The van der Waals surface area contributed by atoms with Crippen LogP contribution in [0.15, 0.2) is 18.7 Å². The predicted molar refractivity (Wildman–Crippen MR) is 151 cm³/mol. The van der Waals surface area contributed by atoms with Crippen molar-refractivity contribution in [2.45, 2.75) is 92.0 Å². The summed E-state index contributed by atoms with van der Waals surface area (Å²) < 4.78 is 17.7. The van der Waals surface area contributed by atoms with Gasteiger partial charge in [-0.3, -0.25) is 4.79 Å². The van der Waals surface area contributed by atoms with Crippen molar-refractivity contribution in [2.75, 3.05) is 6.61 Å². The molecule has 1 aromatic carbocycles. The van der Waals surface area contributed by atoms with E-state index in [0.717, 1.165) is 42.3 Å². The van der Waals surface area contributed by atoms with E-state index in [-0.39, 0.29) is 35.6 Å². The molecule has 1 N–H and O–H groups in total. The number of aliphatic hydroxyl groups excluding tert-OH is 1. The summed E-state index contributed by atoms with van der Waals surface area (Å²) in [7, 11) is 1.63. The van der Waals surface area contributed by atoms with Gasteiger partial charge in [0.1, 0.15) is 17.6 Å². The van der Waals surface area contributed by atoms with Crippen LogP contribution < -0.4 is 10.2 Å². The zero-order valence-electron chi connectivity index (χ0n) is 23.8. The molecule has 3 fully saturated rings. The largest absolute Gasteiger partial charge is 0.480 e. The van der Waals surface area contributed by atoms with Gasteiger partial charge in [-0.15, -0.1) is 6.58 Å². The SMILES string of the molecule is C=C[C@]1(C)C[C@@H](OC(=O)COc2cc(CC)c3c(c2Cl)[B]OC3)[C@]2(C)[C@H](C)CC[C@]3(CCC(=O)[C@H]32)[C@@H](C)[C@@H]1O. The van der Waals surface area contributed by atoms with Crippen LogP contribution in [0.5, 0.6) is 5.75 Å². The molecular formula is C31H41BClO6. The highest BCUT2D eigenvalue weighted by atomic mass is 35.5. The van der Waals surface area contributed by atoms with Crippen LogP contribution >= 0.6 is 11.6 Å². The summed E-state index contributed by atoms with van der Waals surface area (Å²) in [4.78, 5) is 27.0. The zero-order valence-corrected chi connectivity index (χ0v) is 24.6. The van der Waals surface area contributed by atoms with Gasteiger partial charge in [-0.1, -0.05) is 52.3 Å². The van der Waals surface area contributed by atoms with E-state index in [4.69, 9.17) is 25.7 Å². The Labute approximate surface area is 238 Å². The van der Waals surface area contributed by atoms with Gasteiger partial charge < -0.3 is 19.2 Å². The van der Waals surface area contributed by atoms with Crippen molar-refractivity contribution in [1.82, 2.24) is 0 Å². The normalized spacial score (nSPS) is 39.2. The van der Waals surface area contributed by atoms with Gasteiger partial charge in [0.25, 0.3) is 0 Å². The third-order valence-corrected chi connectivity index (χ3v) is 11.6. The molecule has 1 heterocycles. The number of carbonyl (C=O) groups excluding carboxylic acids is 2. The van der Waals surface area contributed by atoms with Crippen LogP contribution in [0.2, 0.25) is 5.02 Å². The molecule has 0 amide bonds. The first-order valence-electron chi connectivity index (χ1n) is 14.4. The molecule has 8 atom stereocenters. The second-order valence-electron chi connectivity index (χ2n) is 12.9. The minimum atomic E-state index is -0.699. The molecule has 1 radical (unpaired) electrons. The predicted octanol–water partition coefficient (Wildman–Crippen LogP) is 4.96. The number of halogens is 1. The Morgan fingerprint density at radius 1 is 1.33 bits per heavy atom. The van der Waals surface area contributed by atoms with Gasteiger partial charge in [-0.25, -0.2) is 4.79 Å². The molecule has 211 valence electrons. The summed E-state index contributed by atoms with van der Waals surface area (Å²) >= 11 is 6.61. The van der Waals surface area contributed by atoms with E-state index < -0.39 is 29.0 Å². The maximum absolute atomic E-state index is 13.6. The average molecular weight is 556 g/mol. The first kappa shape index (κ1) is 28.7. The number of Topliss-reactive ketones (excluding diaryl/α,β-unsaturated/α-hetero) is 1. The summed E-state index contributed by atoms with van der Waals surface area (Å²) in [5.74, 6) is -0.0233. The Morgan fingerprint density at radius 2 is 2.08 bits per heavy atom. The van der Waals surface area contributed by atoms with E-state index in [0.29, 0.717) is 30.2 Å². The smallest absolute Gasteiger partial charge is 0.344 e. The van der Waals surface area contributed by atoms with E-state index in [1.807, 2.05) is 13.0 Å². The first-order chi connectivity index (χ1) is 18.4. The Balaban J connectivity index is 1.45. The molecule has 0 spiro atoms. The molecular weight excluding hydrogens is 515 g/mol. The number of hydrogen-bond acceptors (Lipinski definition) is 6. The topological polar surface area (TPSA) is 82.1 Å². The molecule has 39 heavy (non-hydrogen) atoms. The number of hydrogen-bond donors (Lipinski definition) is 1. The number of ether oxygens (including phenoxy) is 2. The Kier molecular flexibility index (Phi) is 7.52. The van der Waals surface area contributed by atoms with Crippen LogP contribution in [0, 0.1) is 34.0 Å². The molecule has 0 saturated heterocycles. The van der Waals surface area contributed by atoms with E-state index in [2.05, 4.69) is 34.3 Å². The fourth-order valence-electron chi connectivity index (χ4n) is 8.50. The summed E-state index contributed by atoms with van der Waals surface area (Å²) in [6.45, 7) is 14.7. The summed E-state index contributed by atoms with van der Waals surface area (Å²) in [6.07, 6.45) is 4.80. The lowest BCUT2D eigenvalue weighted by molar-refractivity contribution is -0.207. The van der Waals surface area contributed by atoms with Gasteiger partial charge >= 0.3 is 13.5 Å². The van der Waals surface area contributed by atoms with Crippen molar-refractivity contribution in [1.29, 1.82) is 0 Å². The minimum Gasteiger partial charge on any atom is -0.480 e. The highest BCUT2D eigenvalue weighted by Gasteiger charge is 2.68. The second-order valence-corrected chi connectivity index (χ2v) is 13.3. The maximum atomic E-state index is 13.6. The molecule has 1 aromatic rings. The van der Waals surface area contributed by atoms with Gasteiger partial charge in [0, 0.05) is 23.2 Å². The molecule has 8 heteroatoms. The average Bonchev–Trinajstić information content (AvgIpc) is 3.55. The Morgan fingerprint density at radius 3 is 2.77 bits per heavy atom. The zero-order chi connectivity index (χ0) is 28.3. The number of benzene rings is 1. The lowest BCUT2D eigenvalue weighted by Gasteiger charge is -2.61. The van der Waals surface area contributed by atoms with Crippen LogP contribution in [-0.2, 0) is 32.0 Å². The molecule has 6 nitrogen and oxygen atoms in total. The number of aliphatic hydroxyl groups is 1. The van der Waals surface area contributed by atoms with Crippen LogP contribution in [0.1, 0.15) is 77.8 Å². The monoisotopic (exact) mass is 555 g/mol. The third-order valence-electron chi connectivity index (χ3n) is 11.2. The Hall–Kier alpha value is -1.83. The quantitative estimate of drug-likeness (QED) is 0.303. The number of carbonyl (C=O) groups is 2. The van der Waals surface area contributed by atoms with Crippen molar-refractivity contribution in [2.24, 2.45) is 34.0 Å². The number of esters is 1. The molecule has 2 bridgehead atoms. The molecule has 4 aliphatic rings. The summed E-state index contributed by atoms with van der Waals surface area (Å²) in [5, 5.41) is 12.1. The lowest BCUT2D eigenvalue weighted by Crippen LogP contribution is -2.63. The van der Waals surface area contributed by atoms with Crippen molar-refractivity contribution in [3.63, 3.8) is 0 Å². The number of fused-ring (bicyclic) bond motifs is 1. The summed E-state index contributed by atoms with van der Waals surface area (Å²) in [6, 6.07) is 1.87. The first-order valence-corrected chi connectivity index (χ1v) is 14.8. The van der Waals surface area contributed by atoms with Gasteiger partial charge in [-0.05, 0) is 72.0 Å².